The number of terminal acetylenes is 1. The van der Waals surface area contributed by atoms with Gasteiger partial charge in [0.1, 0.15) is 0 Å². The first-order chi connectivity index (χ1) is 5.15. The van der Waals surface area contributed by atoms with Gasteiger partial charge in [-0.25, -0.2) is 0 Å². The normalized spacial score (nSPS) is 15.8. The maximum atomic E-state index is 5.27. The topological polar surface area (TPSA) is 3.24 Å². The van der Waals surface area contributed by atoms with E-state index < -0.39 is 0 Å². The van der Waals surface area contributed by atoms with E-state index in [4.69, 9.17) is 6.42 Å². The van der Waals surface area contributed by atoms with Crippen LogP contribution in [0.1, 0.15) is 6.92 Å². The van der Waals surface area contributed by atoms with Crippen molar-refractivity contribution in [2.45, 2.75) is 6.92 Å². The van der Waals surface area contributed by atoms with Crippen molar-refractivity contribution in [1.29, 1.82) is 0 Å². The second-order valence-corrected chi connectivity index (χ2v) is 2.50. The minimum Gasteiger partial charge on any atom is -0.457 e. The molecule has 1 nitrogen and oxygen atoms in total. The molecule has 1 rings (SSSR count). The molecule has 0 aromatic rings. The van der Waals surface area contributed by atoms with E-state index in [1.165, 1.54) is 0 Å². The molecule has 0 amide bonds. The molecule has 1 radical (unpaired) electrons. The number of hydrogen-bond donors (Lipinski definition) is 0. The predicted octanol–water partition coefficient (Wildman–Crippen LogP) is 1.71. The molecule has 0 aromatic heterocycles. The van der Waals surface area contributed by atoms with Gasteiger partial charge in [0.2, 0.25) is 0 Å². The van der Waals surface area contributed by atoms with Crippen molar-refractivity contribution in [3.63, 3.8) is 0 Å². The average Bonchev–Trinajstić information content (AvgIpc) is 1.96. The van der Waals surface area contributed by atoms with E-state index in [2.05, 4.69) is 18.7 Å². The Balaban J connectivity index is 0.00000121. The molecule has 0 atom stereocenters. The summed E-state index contributed by atoms with van der Waals surface area (Å²) in [6.45, 7) is 5.78. The van der Waals surface area contributed by atoms with Gasteiger partial charge in [-0.2, -0.15) is 0 Å². The molecule has 0 saturated carbocycles. The molecule has 0 saturated heterocycles. The van der Waals surface area contributed by atoms with Crippen LogP contribution in [0.25, 0.3) is 0 Å². The third-order valence-corrected chi connectivity index (χ3v) is 1.58. The number of allylic oxidation sites excluding steroid dienone is 3. The van der Waals surface area contributed by atoms with Crippen LogP contribution in [0.4, 0.5) is 0 Å². The molecule has 0 aliphatic carbocycles. The molecule has 59 valence electrons. The summed E-state index contributed by atoms with van der Waals surface area (Å²) in [5.41, 5.74) is 2.70. The zero-order chi connectivity index (χ0) is 8.43. The molecule has 0 spiro atoms. The maximum absolute atomic E-state index is 5.27. The Hall–Kier alpha value is -0.316. The van der Waals surface area contributed by atoms with Gasteiger partial charge in [0.25, 0.3) is 0 Å². The van der Waals surface area contributed by atoms with Crippen LogP contribution >= 0.6 is 0 Å². The van der Waals surface area contributed by atoms with Crippen molar-refractivity contribution >= 4 is 0 Å². The Bertz CT molecular complexity index is 291. The van der Waals surface area contributed by atoms with E-state index in [0.29, 0.717) is 0 Å². The van der Waals surface area contributed by atoms with Crippen molar-refractivity contribution in [3.8, 4) is 12.3 Å². The van der Waals surface area contributed by atoms with Crippen molar-refractivity contribution in [2.75, 3.05) is 7.05 Å². The molecule has 2 heteroatoms. The molecule has 0 N–H and O–H groups in total. The first-order valence-corrected chi connectivity index (χ1v) is 3.36. The zero-order valence-corrected chi connectivity index (χ0v) is 10.2. The number of hydrogen-bond acceptors (Lipinski definition) is 1. The SMILES string of the molecule is C#CC1=CC(C)=[C-]N(C)C1=C.[Y]. The van der Waals surface area contributed by atoms with Crippen LogP contribution in [0, 0.1) is 18.5 Å². The van der Waals surface area contributed by atoms with Crippen LogP contribution < -0.4 is 0 Å². The maximum Gasteiger partial charge on any atom is 0 e. The van der Waals surface area contributed by atoms with Crippen LogP contribution in [0.2, 0.25) is 0 Å². The monoisotopic (exact) mass is 233 g/mol. The summed E-state index contributed by atoms with van der Waals surface area (Å²) in [7, 11) is 1.89. The van der Waals surface area contributed by atoms with Crippen LogP contribution in [0.3, 0.4) is 0 Å². The van der Waals surface area contributed by atoms with Crippen LogP contribution in [-0.2, 0) is 32.7 Å². The summed E-state index contributed by atoms with van der Waals surface area (Å²) >= 11 is 0. The average molecular weight is 233 g/mol. The smallest absolute Gasteiger partial charge is 0 e. The van der Waals surface area contributed by atoms with E-state index in [0.717, 1.165) is 16.8 Å². The van der Waals surface area contributed by atoms with Gasteiger partial charge in [0, 0.05) is 32.7 Å². The summed E-state index contributed by atoms with van der Waals surface area (Å²) in [5.74, 6) is 2.57. The molecule has 0 fully saturated rings. The van der Waals surface area contributed by atoms with Gasteiger partial charge in [0.05, 0.1) is 0 Å². The molecule has 0 bridgehead atoms. The Labute approximate surface area is 99.1 Å². The molecule has 1 aliphatic heterocycles. The number of nitrogens with zero attached hydrogens (tertiary/aromatic N) is 1. The molecular weight excluding hydrogens is 223 g/mol. The molecule has 12 heavy (non-hydrogen) atoms. The second kappa shape index (κ2) is 4.65. The number of likely N-dealkylation sites (N-methyl/N-ethyl adjacent to an activating group) is 1. The van der Waals surface area contributed by atoms with E-state index in [9.17, 15) is 0 Å². The van der Waals surface area contributed by atoms with Gasteiger partial charge in [-0.15, -0.1) is 30.9 Å². The minimum absolute atomic E-state index is 0. The molecular formula is C10H10NY-. The van der Waals surface area contributed by atoms with Crippen LogP contribution in [-0.4, -0.2) is 11.9 Å². The third kappa shape index (κ3) is 2.34. The Kier molecular flexibility index (Phi) is 4.52. The Morgan fingerprint density at radius 3 is 2.75 bits per heavy atom. The minimum atomic E-state index is 0. The summed E-state index contributed by atoms with van der Waals surface area (Å²) in [5, 5.41) is 0. The quantitative estimate of drug-likeness (QED) is 0.454. The van der Waals surface area contributed by atoms with Crippen molar-refractivity contribution < 1.29 is 32.7 Å². The first kappa shape index (κ1) is 11.7. The second-order valence-electron chi connectivity index (χ2n) is 2.50. The van der Waals surface area contributed by atoms with Gasteiger partial charge < -0.3 is 4.90 Å². The first-order valence-electron chi connectivity index (χ1n) is 3.36. The Morgan fingerprint density at radius 2 is 2.25 bits per heavy atom. The standard InChI is InChI=1S/C10H10N.Y/c1-5-10-6-8(2)7-11(4)9(10)3;/h1,6H,3H2,2,4H3;/q-1;. The predicted molar refractivity (Wildman–Crippen MR) is 46.2 cm³/mol. The summed E-state index contributed by atoms with van der Waals surface area (Å²) < 4.78 is 0. The summed E-state index contributed by atoms with van der Waals surface area (Å²) in [6, 6.07) is 0. The van der Waals surface area contributed by atoms with Crippen LogP contribution in [0.15, 0.2) is 29.5 Å². The molecule has 1 heterocycles. The van der Waals surface area contributed by atoms with Crippen molar-refractivity contribution in [1.82, 2.24) is 4.90 Å². The van der Waals surface area contributed by atoms with Gasteiger partial charge >= 0.3 is 0 Å². The fraction of sp³-hybridized carbons (Fsp3) is 0.200. The van der Waals surface area contributed by atoms with Gasteiger partial charge in [-0.1, -0.05) is 24.1 Å². The third-order valence-electron chi connectivity index (χ3n) is 1.58. The van der Waals surface area contributed by atoms with E-state index in [-0.39, 0.29) is 32.7 Å². The molecule has 0 aromatic carbocycles. The fourth-order valence-electron chi connectivity index (χ4n) is 0.970. The molecule has 0 unspecified atom stereocenters. The van der Waals surface area contributed by atoms with Gasteiger partial charge in [-0.05, 0) is 7.05 Å². The van der Waals surface area contributed by atoms with Gasteiger partial charge in [0.15, 0.2) is 0 Å². The zero-order valence-electron chi connectivity index (χ0n) is 7.39. The van der Waals surface area contributed by atoms with Crippen molar-refractivity contribution in [3.05, 3.63) is 35.7 Å². The van der Waals surface area contributed by atoms with E-state index >= 15 is 0 Å². The largest absolute Gasteiger partial charge is 0.457 e. The fourth-order valence-corrected chi connectivity index (χ4v) is 0.970. The van der Waals surface area contributed by atoms with E-state index in [1.54, 1.807) is 0 Å². The van der Waals surface area contributed by atoms with Gasteiger partial charge in [-0.3, -0.25) is 0 Å². The summed E-state index contributed by atoms with van der Waals surface area (Å²) in [4.78, 5) is 1.81. The van der Waals surface area contributed by atoms with Crippen molar-refractivity contribution in [2.24, 2.45) is 0 Å². The van der Waals surface area contributed by atoms with Crippen LogP contribution in [0.5, 0.6) is 0 Å². The van der Waals surface area contributed by atoms with E-state index in [1.807, 2.05) is 24.9 Å². The number of rotatable bonds is 0. The Morgan fingerprint density at radius 1 is 1.67 bits per heavy atom. The summed E-state index contributed by atoms with van der Waals surface area (Å²) in [6.07, 6.45) is 10.2. The molecule has 1 aliphatic rings.